The summed E-state index contributed by atoms with van der Waals surface area (Å²) in [5.41, 5.74) is 1.31. The van der Waals surface area contributed by atoms with E-state index in [9.17, 15) is 8.42 Å². The largest absolute Gasteiger partial charge is 0.491 e. The highest BCUT2D eigenvalue weighted by atomic mass is 35.7. The van der Waals surface area contributed by atoms with Crippen LogP contribution < -0.4 is 4.74 Å². The van der Waals surface area contributed by atoms with Crippen molar-refractivity contribution in [3.63, 3.8) is 0 Å². The molecule has 0 heterocycles. The molecule has 1 rings (SSSR count). The molecular formula is C14H21ClO4S. The van der Waals surface area contributed by atoms with E-state index in [2.05, 4.69) is 13.8 Å². The van der Waals surface area contributed by atoms with E-state index >= 15 is 0 Å². The van der Waals surface area contributed by atoms with Crippen molar-refractivity contribution in [1.82, 2.24) is 0 Å². The first kappa shape index (κ1) is 17.3. The molecule has 1 aromatic carbocycles. The van der Waals surface area contributed by atoms with Gasteiger partial charge in [-0.1, -0.05) is 13.8 Å². The minimum atomic E-state index is -3.72. The minimum Gasteiger partial charge on any atom is -0.491 e. The number of hydrogen-bond donors (Lipinski definition) is 0. The summed E-state index contributed by atoms with van der Waals surface area (Å²) >= 11 is 0. The van der Waals surface area contributed by atoms with Gasteiger partial charge >= 0.3 is 0 Å². The van der Waals surface area contributed by atoms with Crippen LogP contribution in [0.25, 0.3) is 0 Å². The van der Waals surface area contributed by atoms with Crippen molar-refractivity contribution in [2.45, 2.75) is 32.6 Å². The van der Waals surface area contributed by atoms with Crippen LogP contribution in [0, 0.1) is 19.8 Å². The predicted octanol–water partition coefficient (Wildman–Crippen LogP) is 3.28. The third kappa shape index (κ3) is 5.31. The standard InChI is InChI=1S/C14H21ClO4S/c1-10(2)9-18-5-6-19-13-7-12(4)14(8-11(13)3)20(15,16)17/h7-8,10H,5-6,9H2,1-4H3. The van der Waals surface area contributed by atoms with Crippen molar-refractivity contribution in [2.24, 2.45) is 5.92 Å². The van der Waals surface area contributed by atoms with Gasteiger partial charge in [0.05, 0.1) is 11.5 Å². The van der Waals surface area contributed by atoms with Gasteiger partial charge in [0.15, 0.2) is 0 Å². The second-order valence-electron chi connectivity index (χ2n) is 5.14. The molecule has 0 fully saturated rings. The Bertz CT molecular complexity index is 553. The van der Waals surface area contributed by atoms with Gasteiger partial charge in [0.25, 0.3) is 9.05 Å². The molecule has 0 aromatic heterocycles. The third-order valence-corrected chi connectivity index (χ3v) is 4.14. The summed E-state index contributed by atoms with van der Waals surface area (Å²) in [5.74, 6) is 1.15. The molecule has 0 aliphatic heterocycles. The number of halogens is 1. The molecule has 0 spiro atoms. The average Bonchev–Trinajstić information content (AvgIpc) is 2.30. The van der Waals surface area contributed by atoms with Crippen LogP contribution in [0.15, 0.2) is 17.0 Å². The molecule has 1 aromatic rings. The van der Waals surface area contributed by atoms with Gasteiger partial charge in [-0.15, -0.1) is 0 Å². The van der Waals surface area contributed by atoms with Crippen LogP contribution in [-0.2, 0) is 13.8 Å². The predicted molar refractivity (Wildman–Crippen MR) is 80.1 cm³/mol. The van der Waals surface area contributed by atoms with Gasteiger partial charge in [0.2, 0.25) is 0 Å². The Kier molecular flexibility index (Phi) is 6.30. The third-order valence-electron chi connectivity index (χ3n) is 2.67. The van der Waals surface area contributed by atoms with E-state index in [1.807, 2.05) is 0 Å². The SMILES string of the molecule is Cc1cc(S(=O)(=O)Cl)c(C)cc1OCCOCC(C)C. The summed E-state index contributed by atoms with van der Waals surface area (Å²) in [6.07, 6.45) is 0. The van der Waals surface area contributed by atoms with Crippen molar-refractivity contribution in [1.29, 1.82) is 0 Å². The van der Waals surface area contributed by atoms with Gasteiger partial charge in [-0.2, -0.15) is 0 Å². The quantitative estimate of drug-likeness (QED) is 0.571. The molecule has 0 aliphatic carbocycles. The maximum absolute atomic E-state index is 11.4. The van der Waals surface area contributed by atoms with Crippen LogP contribution in [0.2, 0.25) is 0 Å². The van der Waals surface area contributed by atoms with Gasteiger partial charge in [0.1, 0.15) is 12.4 Å². The Hall–Kier alpha value is -0.780. The second kappa shape index (κ2) is 7.29. The Morgan fingerprint density at radius 1 is 1.15 bits per heavy atom. The van der Waals surface area contributed by atoms with Gasteiger partial charge in [-0.25, -0.2) is 8.42 Å². The monoisotopic (exact) mass is 320 g/mol. The van der Waals surface area contributed by atoms with Crippen LogP contribution in [-0.4, -0.2) is 28.2 Å². The lowest BCUT2D eigenvalue weighted by Gasteiger charge is -2.13. The zero-order valence-electron chi connectivity index (χ0n) is 12.3. The van der Waals surface area contributed by atoms with Gasteiger partial charge < -0.3 is 9.47 Å². The number of benzene rings is 1. The zero-order valence-corrected chi connectivity index (χ0v) is 13.8. The minimum absolute atomic E-state index is 0.125. The highest BCUT2D eigenvalue weighted by molar-refractivity contribution is 8.13. The molecule has 0 bridgehead atoms. The number of rotatable bonds is 7. The maximum atomic E-state index is 11.4. The van der Waals surface area contributed by atoms with E-state index in [0.717, 1.165) is 5.56 Å². The molecule has 4 nitrogen and oxygen atoms in total. The Labute approximate surface area is 125 Å². The van der Waals surface area contributed by atoms with Crippen molar-refractivity contribution >= 4 is 19.7 Å². The first-order chi connectivity index (χ1) is 9.21. The molecule has 6 heteroatoms. The fraction of sp³-hybridized carbons (Fsp3) is 0.571. The fourth-order valence-corrected chi connectivity index (χ4v) is 2.97. The van der Waals surface area contributed by atoms with Crippen LogP contribution in [0.4, 0.5) is 0 Å². The van der Waals surface area contributed by atoms with Crippen molar-refractivity contribution < 1.29 is 17.9 Å². The first-order valence-corrected chi connectivity index (χ1v) is 8.79. The van der Waals surface area contributed by atoms with Crippen molar-refractivity contribution in [3.8, 4) is 5.75 Å². The summed E-state index contributed by atoms with van der Waals surface area (Å²) in [6.45, 7) is 9.28. The molecule has 0 radical (unpaired) electrons. The van der Waals surface area contributed by atoms with Crippen LogP contribution in [0.1, 0.15) is 25.0 Å². The summed E-state index contributed by atoms with van der Waals surface area (Å²) in [5, 5.41) is 0. The van der Waals surface area contributed by atoms with Gasteiger partial charge in [-0.05, 0) is 43.0 Å². The van der Waals surface area contributed by atoms with Crippen LogP contribution in [0.5, 0.6) is 5.75 Å². The molecule has 114 valence electrons. The lowest BCUT2D eigenvalue weighted by atomic mass is 10.1. The van der Waals surface area contributed by atoms with E-state index in [1.165, 1.54) is 6.07 Å². The van der Waals surface area contributed by atoms with E-state index < -0.39 is 9.05 Å². The van der Waals surface area contributed by atoms with E-state index in [4.69, 9.17) is 20.2 Å². The van der Waals surface area contributed by atoms with E-state index in [-0.39, 0.29) is 4.90 Å². The van der Waals surface area contributed by atoms with E-state index in [1.54, 1.807) is 19.9 Å². The number of ether oxygens (including phenoxy) is 2. The summed E-state index contributed by atoms with van der Waals surface area (Å²) in [6, 6.07) is 3.22. The lowest BCUT2D eigenvalue weighted by molar-refractivity contribution is 0.0817. The first-order valence-electron chi connectivity index (χ1n) is 6.48. The fourth-order valence-electron chi connectivity index (χ4n) is 1.71. The highest BCUT2D eigenvalue weighted by Crippen LogP contribution is 2.27. The molecule has 0 amide bonds. The molecular weight excluding hydrogens is 300 g/mol. The van der Waals surface area contributed by atoms with Crippen molar-refractivity contribution in [3.05, 3.63) is 23.3 Å². The molecule has 0 saturated carbocycles. The average molecular weight is 321 g/mol. The second-order valence-corrected chi connectivity index (χ2v) is 7.67. The molecule has 0 saturated heterocycles. The summed E-state index contributed by atoms with van der Waals surface area (Å²) in [7, 11) is 1.66. The Balaban J connectivity index is 2.67. The summed E-state index contributed by atoms with van der Waals surface area (Å²) < 4.78 is 33.8. The van der Waals surface area contributed by atoms with Gasteiger partial charge in [0, 0.05) is 17.3 Å². The lowest BCUT2D eigenvalue weighted by Crippen LogP contribution is -2.11. The van der Waals surface area contributed by atoms with Gasteiger partial charge in [-0.3, -0.25) is 0 Å². The smallest absolute Gasteiger partial charge is 0.261 e. The highest BCUT2D eigenvalue weighted by Gasteiger charge is 2.15. The molecule has 0 aliphatic rings. The van der Waals surface area contributed by atoms with Crippen LogP contribution >= 0.6 is 10.7 Å². The Morgan fingerprint density at radius 2 is 1.80 bits per heavy atom. The normalized spacial score (nSPS) is 11.9. The molecule has 0 atom stereocenters. The Morgan fingerprint density at radius 3 is 2.35 bits per heavy atom. The van der Waals surface area contributed by atoms with Crippen LogP contribution in [0.3, 0.4) is 0 Å². The maximum Gasteiger partial charge on any atom is 0.261 e. The molecule has 0 N–H and O–H groups in total. The number of hydrogen-bond acceptors (Lipinski definition) is 4. The number of aryl methyl sites for hydroxylation is 2. The molecule has 20 heavy (non-hydrogen) atoms. The molecule has 0 unspecified atom stereocenters. The topological polar surface area (TPSA) is 52.6 Å². The summed E-state index contributed by atoms with van der Waals surface area (Å²) in [4.78, 5) is 0.125. The zero-order chi connectivity index (χ0) is 15.3. The van der Waals surface area contributed by atoms with E-state index in [0.29, 0.717) is 37.1 Å². The van der Waals surface area contributed by atoms with Crippen molar-refractivity contribution in [2.75, 3.05) is 19.8 Å².